The molecule has 3 aromatic carbocycles. The Hall–Kier alpha value is -2.50. The molecule has 0 amide bonds. The Morgan fingerprint density at radius 2 is 0.397 bits per heavy atom. The number of benzene rings is 3. The molecule has 0 radical (unpaired) electrons. The molecule has 4 saturated heterocycles. The average Bonchev–Trinajstić information content (AvgIpc) is 3.03. The van der Waals surface area contributed by atoms with Crippen molar-refractivity contribution in [3.05, 3.63) is 95.1 Å². The number of piperidine rings is 4. The van der Waals surface area contributed by atoms with E-state index >= 15 is 0 Å². The molecule has 3 aromatic rings. The van der Waals surface area contributed by atoms with Crippen LogP contribution in [0, 0.1) is 0 Å². The maximum Gasteiger partial charge on any atom is 0.0135 e. The van der Waals surface area contributed by atoms with Gasteiger partial charge in [0.05, 0.1) is 0 Å². The summed E-state index contributed by atoms with van der Waals surface area (Å²) in [6, 6.07) is 28.4. The average molecular weight is 789 g/mol. The molecule has 0 bridgehead atoms. The minimum Gasteiger partial charge on any atom is -0.307 e. The third-order valence-electron chi connectivity index (χ3n) is 13.7. The lowest BCUT2D eigenvalue weighted by molar-refractivity contribution is 0.160. The fourth-order valence-electron chi connectivity index (χ4n) is 13.2. The van der Waals surface area contributed by atoms with Gasteiger partial charge >= 0.3 is 0 Å². The third kappa shape index (κ3) is 11.9. The number of rotatable bonds is 5. The number of hydrogen-bond donors (Lipinski definition) is 4. The molecule has 4 fully saturated rings. The van der Waals surface area contributed by atoms with Crippen LogP contribution in [0.4, 0.5) is 0 Å². The lowest BCUT2D eigenvalue weighted by Crippen LogP contribution is -2.57. The third-order valence-corrected chi connectivity index (χ3v) is 13.7. The maximum atomic E-state index is 3.81. The first-order valence-electron chi connectivity index (χ1n) is 23.0. The molecule has 0 aliphatic carbocycles. The highest BCUT2D eigenvalue weighted by atomic mass is 15.1. The molecule has 4 aliphatic heterocycles. The molecule has 320 valence electrons. The second-order valence-corrected chi connectivity index (χ2v) is 24.9. The molecule has 7 rings (SSSR count). The molecule has 4 N–H and O–H groups in total. The van der Waals surface area contributed by atoms with Crippen LogP contribution in [0.15, 0.2) is 72.8 Å². The van der Waals surface area contributed by atoms with E-state index in [0.717, 1.165) is 0 Å². The molecule has 0 unspecified atom stereocenters. The van der Waals surface area contributed by atoms with Crippen LogP contribution < -0.4 is 21.3 Å². The van der Waals surface area contributed by atoms with Crippen LogP contribution in [0.5, 0.6) is 0 Å². The van der Waals surface area contributed by atoms with Crippen LogP contribution in [-0.4, -0.2) is 44.3 Å². The highest BCUT2D eigenvalue weighted by molar-refractivity contribution is 5.64. The highest BCUT2D eigenvalue weighted by Gasteiger charge is 2.41. The van der Waals surface area contributed by atoms with Gasteiger partial charge in [-0.1, -0.05) is 72.8 Å². The standard InChI is InChI=1S/C30H44N2.C24H40N2/c1-27(2)17-25(18-28(3,4)31-27)23-13-9-21(10-14-23)22-11-15-24(16-12-22)26-19-29(5,6)32-30(7,8)20-26;1-21(2)13-19(14-22(3,4)25-21)17-9-11-18(12-10-17)20-15-23(5,6)26-24(7,8)16-20/h9-16,25-26,31-32H,17-20H2,1-8H3;9-12,19-20,25-26H,13-16H2,1-8H3. The SMILES string of the molecule is CC1(C)CC(c2ccc(-c3ccc(C4CC(C)(C)NC(C)(C)C4)cc3)cc2)CC(C)(C)N1.CC1(C)CC(c2ccc(C3CC(C)(C)NC(C)(C)C3)cc2)CC(C)(C)N1. The van der Waals surface area contributed by atoms with E-state index in [9.17, 15) is 0 Å². The molecule has 4 nitrogen and oxygen atoms in total. The fourth-order valence-corrected chi connectivity index (χ4v) is 13.2. The zero-order valence-corrected chi connectivity index (χ0v) is 39.9. The molecule has 58 heavy (non-hydrogen) atoms. The quantitative estimate of drug-likeness (QED) is 0.208. The van der Waals surface area contributed by atoms with Gasteiger partial charge in [0.1, 0.15) is 0 Å². The Morgan fingerprint density at radius 1 is 0.259 bits per heavy atom. The van der Waals surface area contributed by atoms with Gasteiger partial charge in [-0.05, 0) is 219 Å². The van der Waals surface area contributed by atoms with Gasteiger partial charge in [-0.2, -0.15) is 0 Å². The van der Waals surface area contributed by atoms with E-state index in [1.54, 1.807) is 0 Å². The van der Waals surface area contributed by atoms with Crippen molar-refractivity contribution >= 4 is 0 Å². The smallest absolute Gasteiger partial charge is 0.0135 e. The summed E-state index contributed by atoms with van der Waals surface area (Å²) in [5, 5.41) is 15.2. The Morgan fingerprint density at radius 3 is 0.552 bits per heavy atom. The van der Waals surface area contributed by atoms with Crippen molar-refractivity contribution < 1.29 is 0 Å². The molecule has 0 atom stereocenters. The number of hydrogen-bond acceptors (Lipinski definition) is 4. The summed E-state index contributed by atoms with van der Waals surface area (Å²) in [6.07, 6.45) is 9.60. The normalized spacial score (nSPS) is 26.3. The Bertz CT molecular complexity index is 1640. The topological polar surface area (TPSA) is 48.1 Å². The van der Waals surface area contributed by atoms with Gasteiger partial charge in [-0.3, -0.25) is 0 Å². The van der Waals surface area contributed by atoms with E-state index in [0.29, 0.717) is 23.7 Å². The van der Waals surface area contributed by atoms with E-state index in [1.807, 2.05) is 0 Å². The minimum atomic E-state index is 0.179. The highest BCUT2D eigenvalue weighted by Crippen LogP contribution is 2.44. The second-order valence-electron chi connectivity index (χ2n) is 24.9. The van der Waals surface area contributed by atoms with Crippen LogP contribution in [-0.2, 0) is 0 Å². The van der Waals surface area contributed by atoms with Crippen LogP contribution in [0.3, 0.4) is 0 Å². The summed E-state index contributed by atoms with van der Waals surface area (Å²) < 4.78 is 0. The van der Waals surface area contributed by atoms with Crippen molar-refractivity contribution in [2.24, 2.45) is 0 Å². The van der Waals surface area contributed by atoms with Gasteiger partial charge in [0.25, 0.3) is 0 Å². The molecular weight excluding hydrogens is 705 g/mol. The molecule has 4 heteroatoms. The van der Waals surface area contributed by atoms with Gasteiger partial charge in [-0.15, -0.1) is 0 Å². The first-order chi connectivity index (χ1) is 26.5. The van der Waals surface area contributed by atoms with Crippen LogP contribution in [0.1, 0.15) is 208 Å². The van der Waals surface area contributed by atoms with Gasteiger partial charge in [0.15, 0.2) is 0 Å². The molecule has 4 heterocycles. The van der Waals surface area contributed by atoms with Crippen LogP contribution in [0.25, 0.3) is 11.1 Å². The fraction of sp³-hybridized carbons (Fsp3) is 0.667. The molecule has 0 spiro atoms. The molecule has 4 aliphatic rings. The summed E-state index contributed by atoms with van der Waals surface area (Å²) in [5.41, 5.74) is 10.2. The zero-order valence-electron chi connectivity index (χ0n) is 39.9. The molecule has 0 saturated carbocycles. The van der Waals surface area contributed by atoms with Crippen LogP contribution >= 0.6 is 0 Å². The van der Waals surface area contributed by atoms with Crippen LogP contribution in [0.2, 0.25) is 0 Å². The lowest BCUT2D eigenvalue weighted by Gasteiger charge is -2.47. The Labute approximate surface area is 356 Å². The van der Waals surface area contributed by atoms with Gasteiger partial charge in [-0.25, -0.2) is 0 Å². The van der Waals surface area contributed by atoms with E-state index in [4.69, 9.17) is 0 Å². The summed E-state index contributed by atoms with van der Waals surface area (Å²) in [5.74, 6) is 2.53. The predicted octanol–water partition coefficient (Wildman–Crippen LogP) is 13.1. The van der Waals surface area contributed by atoms with E-state index < -0.39 is 0 Å². The van der Waals surface area contributed by atoms with Crippen molar-refractivity contribution in [2.45, 2.75) is 230 Å². The lowest BCUT2D eigenvalue weighted by atomic mass is 9.71. The second kappa shape index (κ2) is 15.8. The van der Waals surface area contributed by atoms with Crippen molar-refractivity contribution in [1.29, 1.82) is 0 Å². The summed E-state index contributed by atoms with van der Waals surface area (Å²) in [6.45, 7) is 37.4. The Balaban J connectivity index is 0.000000200. The van der Waals surface area contributed by atoms with Gasteiger partial charge in [0.2, 0.25) is 0 Å². The first-order valence-corrected chi connectivity index (χ1v) is 23.0. The van der Waals surface area contributed by atoms with E-state index in [2.05, 4.69) is 205 Å². The Kier molecular flexibility index (Phi) is 12.2. The summed E-state index contributed by atoms with van der Waals surface area (Å²) in [7, 11) is 0. The number of nitrogens with one attached hydrogen (secondary N) is 4. The maximum absolute atomic E-state index is 3.81. The van der Waals surface area contributed by atoms with Crippen molar-refractivity contribution in [2.75, 3.05) is 0 Å². The first kappa shape index (κ1) is 45.0. The van der Waals surface area contributed by atoms with Gasteiger partial charge in [0, 0.05) is 44.3 Å². The zero-order chi connectivity index (χ0) is 42.7. The summed E-state index contributed by atoms with van der Waals surface area (Å²) >= 11 is 0. The van der Waals surface area contributed by atoms with Crippen molar-refractivity contribution in [3.63, 3.8) is 0 Å². The monoisotopic (exact) mass is 789 g/mol. The van der Waals surface area contributed by atoms with Crippen molar-refractivity contribution in [1.82, 2.24) is 21.3 Å². The van der Waals surface area contributed by atoms with E-state index in [-0.39, 0.29) is 44.3 Å². The molecular formula is C54H84N4. The van der Waals surface area contributed by atoms with Crippen molar-refractivity contribution in [3.8, 4) is 11.1 Å². The largest absolute Gasteiger partial charge is 0.307 e. The molecule has 0 aromatic heterocycles. The predicted molar refractivity (Wildman–Crippen MR) is 251 cm³/mol. The minimum absolute atomic E-state index is 0.179. The van der Waals surface area contributed by atoms with E-state index in [1.165, 1.54) is 84.7 Å². The van der Waals surface area contributed by atoms with Gasteiger partial charge < -0.3 is 21.3 Å². The summed E-state index contributed by atoms with van der Waals surface area (Å²) in [4.78, 5) is 0.